The summed E-state index contributed by atoms with van der Waals surface area (Å²) >= 11 is 2.93. The van der Waals surface area contributed by atoms with Gasteiger partial charge in [0.15, 0.2) is 6.61 Å². The van der Waals surface area contributed by atoms with E-state index in [2.05, 4.69) is 5.32 Å². The zero-order valence-electron chi connectivity index (χ0n) is 11.6. The van der Waals surface area contributed by atoms with Gasteiger partial charge in [0.25, 0.3) is 5.91 Å². The maximum atomic E-state index is 12.0. The minimum Gasteiger partial charge on any atom is -0.451 e. The lowest BCUT2D eigenvalue weighted by Gasteiger charge is -2.04. The average Bonchev–Trinajstić information content (AvgIpc) is 3.19. The van der Waals surface area contributed by atoms with Crippen LogP contribution in [0.4, 0.5) is 0 Å². The van der Waals surface area contributed by atoms with Crippen LogP contribution in [-0.4, -0.2) is 18.5 Å². The van der Waals surface area contributed by atoms with E-state index in [0.717, 1.165) is 15.0 Å². The number of thiophene rings is 2. The topological polar surface area (TPSA) is 55.4 Å². The highest BCUT2D eigenvalue weighted by atomic mass is 32.1. The Kier molecular flexibility index (Phi) is 4.50. The number of hydrogen-bond donors (Lipinski definition) is 1. The second kappa shape index (κ2) is 6.72. The largest absolute Gasteiger partial charge is 0.451 e. The van der Waals surface area contributed by atoms with Crippen molar-refractivity contribution in [3.63, 3.8) is 0 Å². The van der Waals surface area contributed by atoms with Crippen LogP contribution in [0.1, 0.15) is 14.5 Å². The third-order valence-electron chi connectivity index (χ3n) is 3.00. The lowest BCUT2D eigenvalue weighted by atomic mass is 10.2. The van der Waals surface area contributed by atoms with Crippen molar-refractivity contribution < 1.29 is 14.3 Å². The molecule has 0 aliphatic heterocycles. The molecule has 3 aromatic rings. The molecule has 1 aromatic carbocycles. The summed E-state index contributed by atoms with van der Waals surface area (Å²) in [6.07, 6.45) is 0. The predicted molar refractivity (Wildman–Crippen MR) is 88.3 cm³/mol. The lowest BCUT2D eigenvalue weighted by Crippen LogP contribution is -2.27. The van der Waals surface area contributed by atoms with Crippen LogP contribution in [0.5, 0.6) is 0 Å². The molecule has 2 aromatic heterocycles. The zero-order chi connectivity index (χ0) is 15.4. The molecule has 0 fully saturated rings. The molecule has 0 radical (unpaired) electrons. The Morgan fingerprint density at radius 3 is 2.77 bits per heavy atom. The maximum absolute atomic E-state index is 12.0. The van der Waals surface area contributed by atoms with Gasteiger partial charge in [0.05, 0.1) is 6.54 Å². The van der Waals surface area contributed by atoms with E-state index in [9.17, 15) is 9.59 Å². The maximum Gasteiger partial charge on any atom is 0.348 e. The molecule has 0 atom stereocenters. The number of carbonyl (C=O) groups excluding carboxylic acids is 2. The number of nitrogens with one attached hydrogen (secondary N) is 1. The van der Waals surface area contributed by atoms with Crippen LogP contribution in [0.15, 0.2) is 47.8 Å². The quantitative estimate of drug-likeness (QED) is 0.729. The highest BCUT2D eigenvalue weighted by Crippen LogP contribution is 2.25. The smallest absolute Gasteiger partial charge is 0.348 e. The normalized spacial score (nSPS) is 10.5. The molecular weight excluding hydrogens is 318 g/mol. The molecule has 0 aliphatic rings. The van der Waals surface area contributed by atoms with E-state index in [4.69, 9.17) is 4.74 Å². The fourth-order valence-electron chi connectivity index (χ4n) is 1.93. The Bertz CT molecular complexity index is 760. The van der Waals surface area contributed by atoms with Crippen molar-refractivity contribution in [1.82, 2.24) is 5.32 Å². The summed E-state index contributed by atoms with van der Waals surface area (Å²) in [4.78, 5) is 25.2. The number of fused-ring (bicyclic) bond motifs is 1. The molecule has 0 bridgehead atoms. The Morgan fingerprint density at radius 2 is 2.00 bits per heavy atom. The van der Waals surface area contributed by atoms with E-state index in [-0.39, 0.29) is 12.5 Å². The third kappa shape index (κ3) is 3.52. The molecule has 4 nitrogen and oxygen atoms in total. The van der Waals surface area contributed by atoms with Crippen molar-refractivity contribution in [3.05, 3.63) is 57.6 Å². The summed E-state index contributed by atoms with van der Waals surface area (Å²) in [5.41, 5.74) is 0. The molecule has 0 saturated carbocycles. The number of benzene rings is 1. The van der Waals surface area contributed by atoms with Crippen molar-refractivity contribution in [3.8, 4) is 0 Å². The molecule has 0 aliphatic carbocycles. The van der Waals surface area contributed by atoms with Gasteiger partial charge in [0, 0.05) is 9.58 Å². The minimum atomic E-state index is -0.465. The predicted octanol–water partition coefficient (Wildman–Crippen LogP) is 3.44. The fraction of sp³-hybridized carbons (Fsp3) is 0.125. The van der Waals surface area contributed by atoms with Crippen LogP contribution < -0.4 is 5.32 Å². The highest BCUT2D eigenvalue weighted by Gasteiger charge is 2.13. The monoisotopic (exact) mass is 331 g/mol. The number of esters is 1. The molecule has 1 amide bonds. The van der Waals surface area contributed by atoms with Crippen molar-refractivity contribution in [1.29, 1.82) is 0 Å². The van der Waals surface area contributed by atoms with Gasteiger partial charge in [-0.1, -0.05) is 24.3 Å². The Morgan fingerprint density at radius 1 is 1.14 bits per heavy atom. The van der Waals surface area contributed by atoms with E-state index >= 15 is 0 Å². The summed E-state index contributed by atoms with van der Waals surface area (Å²) < 4.78 is 6.08. The molecule has 112 valence electrons. The van der Waals surface area contributed by atoms with Gasteiger partial charge in [0.1, 0.15) is 4.88 Å². The van der Waals surface area contributed by atoms with Crippen LogP contribution in [0.2, 0.25) is 0 Å². The van der Waals surface area contributed by atoms with Crippen LogP contribution in [0.3, 0.4) is 0 Å². The van der Waals surface area contributed by atoms with Gasteiger partial charge >= 0.3 is 5.97 Å². The van der Waals surface area contributed by atoms with Gasteiger partial charge in [-0.25, -0.2) is 4.79 Å². The fourth-order valence-corrected chi connectivity index (χ4v) is 3.54. The first-order chi connectivity index (χ1) is 10.7. The van der Waals surface area contributed by atoms with Crippen LogP contribution in [-0.2, 0) is 16.1 Å². The Labute approximate surface area is 135 Å². The number of rotatable bonds is 5. The number of ether oxygens (including phenoxy) is 1. The first-order valence-electron chi connectivity index (χ1n) is 6.67. The molecule has 0 spiro atoms. The van der Waals surface area contributed by atoms with Gasteiger partial charge in [-0.05, 0) is 29.0 Å². The van der Waals surface area contributed by atoms with E-state index in [1.807, 2.05) is 41.8 Å². The lowest BCUT2D eigenvalue weighted by molar-refractivity contribution is -0.124. The molecule has 0 unspecified atom stereocenters. The first kappa shape index (κ1) is 14.7. The molecule has 3 rings (SSSR count). The van der Waals surface area contributed by atoms with E-state index < -0.39 is 5.97 Å². The minimum absolute atomic E-state index is 0.265. The second-order valence-corrected chi connectivity index (χ2v) is 6.70. The van der Waals surface area contributed by atoms with Gasteiger partial charge < -0.3 is 10.1 Å². The van der Waals surface area contributed by atoms with Crippen LogP contribution in [0.25, 0.3) is 10.1 Å². The Hall–Kier alpha value is -2.18. The standard InChI is InChI=1S/C16H13NO3S2/c18-15(17-9-12-5-3-7-21-12)10-20-16(19)14-8-11-4-1-2-6-13(11)22-14/h1-8H,9-10H2,(H,17,18). The van der Waals surface area contributed by atoms with Gasteiger partial charge in [-0.2, -0.15) is 0 Å². The molecule has 0 saturated heterocycles. The average molecular weight is 331 g/mol. The number of carbonyl (C=O) groups is 2. The molecule has 1 N–H and O–H groups in total. The summed E-state index contributed by atoms with van der Waals surface area (Å²) in [6.45, 7) is 0.190. The summed E-state index contributed by atoms with van der Waals surface area (Å²) in [7, 11) is 0. The Balaban J connectivity index is 1.52. The van der Waals surface area contributed by atoms with E-state index in [0.29, 0.717) is 11.4 Å². The highest BCUT2D eigenvalue weighted by molar-refractivity contribution is 7.20. The van der Waals surface area contributed by atoms with Gasteiger partial charge in [0.2, 0.25) is 0 Å². The van der Waals surface area contributed by atoms with E-state index in [1.165, 1.54) is 11.3 Å². The van der Waals surface area contributed by atoms with E-state index in [1.54, 1.807) is 17.4 Å². The van der Waals surface area contributed by atoms with Crippen molar-refractivity contribution in [2.45, 2.75) is 6.54 Å². The number of amides is 1. The molecule has 22 heavy (non-hydrogen) atoms. The van der Waals surface area contributed by atoms with Crippen molar-refractivity contribution in [2.24, 2.45) is 0 Å². The number of hydrogen-bond acceptors (Lipinski definition) is 5. The summed E-state index contributed by atoms with van der Waals surface area (Å²) in [6, 6.07) is 13.4. The van der Waals surface area contributed by atoms with Crippen molar-refractivity contribution in [2.75, 3.05) is 6.61 Å². The van der Waals surface area contributed by atoms with Crippen LogP contribution in [0, 0.1) is 0 Å². The van der Waals surface area contributed by atoms with Crippen molar-refractivity contribution >= 4 is 44.6 Å². The molecular formula is C16H13NO3S2. The van der Waals surface area contributed by atoms with Gasteiger partial charge in [-0.15, -0.1) is 22.7 Å². The summed E-state index contributed by atoms with van der Waals surface area (Å²) in [5.74, 6) is -0.768. The molecule has 2 heterocycles. The SMILES string of the molecule is O=C(COC(=O)c1cc2ccccc2s1)NCc1cccs1. The zero-order valence-corrected chi connectivity index (χ0v) is 13.2. The first-order valence-corrected chi connectivity index (χ1v) is 8.37. The second-order valence-electron chi connectivity index (χ2n) is 4.58. The summed E-state index contributed by atoms with van der Waals surface area (Å²) in [5, 5.41) is 5.67. The molecule has 6 heteroatoms. The third-order valence-corrected chi connectivity index (χ3v) is 4.97. The van der Waals surface area contributed by atoms with Crippen LogP contribution >= 0.6 is 22.7 Å². The van der Waals surface area contributed by atoms with Gasteiger partial charge in [-0.3, -0.25) is 4.79 Å².